The molecule has 0 bridgehead atoms. The standard InChI is InChI=1S/C12H20N2O2/c1-12(2,3)10(6-7-13)14-11(15)9-5-4-8-16-9/h4-5,8,10H,6-7,13H2,1-3H3,(H,14,15). The van der Waals surface area contributed by atoms with E-state index in [0.717, 1.165) is 6.42 Å². The van der Waals surface area contributed by atoms with Gasteiger partial charge in [0, 0.05) is 6.04 Å². The predicted molar refractivity (Wildman–Crippen MR) is 63.1 cm³/mol. The van der Waals surface area contributed by atoms with Gasteiger partial charge in [0.15, 0.2) is 5.76 Å². The first kappa shape index (κ1) is 12.8. The number of hydrogen-bond acceptors (Lipinski definition) is 3. The molecule has 0 fully saturated rings. The molecule has 1 aromatic rings. The van der Waals surface area contributed by atoms with Gasteiger partial charge < -0.3 is 15.5 Å². The Hall–Kier alpha value is -1.29. The van der Waals surface area contributed by atoms with Gasteiger partial charge in [-0.15, -0.1) is 0 Å². The Labute approximate surface area is 96.2 Å². The predicted octanol–water partition coefficient (Wildman–Crippen LogP) is 1.77. The summed E-state index contributed by atoms with van der Waals surface area (Å²) < 4.78 is 5.04. The van der Waals surface area contributed by atoms with E-state index in [2.05, 4.69) is 26.1 Å². The molecule has 0 aliphatic heterocycles. The number of nitrogens with two attached hydrogens (primary N) is 1. The minimum atomic E-state index is -0.182. The summed E-state index contributed by atoms with van der Waals surface area (Å²) in [6.45, 7) is 6.79. The largest absolute Gasteiger partial charge is 0.459 e. The summed E-state index contributed by atoms with van der Waals surface area (Å²) in [7, 11) is 0. The summed E-state index contributed by atoms with van der Waals surface area (Å²) in [5.74, 6) is 0.157. The summed E-state index contributed by atoms with van der Waals surface area (Å²) >= 11 is 0. The lowest BCUT2D eigenvalue weighted by Gasteiger charge is -2.30. The summed E-state index contributed by atoms with van der Waals surface area (Å²) in [5, 5.41) is 2.95. The van der Waals surface area contributed by atoms with Crippen molar-refractivity contribution >= 4 is 5.91 Å². The highest BCUT2D eigenvalue weighted by Crippen LogP contribution is 2.21. The van der Waals surface area contributed by atoms with Gasteiger partial charge in [-0.1, -0.05) is 20.8 Å². The Balaban J connectivity index is 2.66. The number of amides is 1. The second kappa shape index (κ2) is 5.16. The quantitative estimate of drug-likeness (QED) is 0.819. The van der Waals surface area contributed by atoms with Gasteiger partial charge in [0.05, 0.1) is 6.26 Å². The molecule has 1 amide bonds. The van der Waals surface area contributed by atoms with Crippen LogP contribution in [0.25, 0.3) is 0 Å². The number of carbonyl (C=O) groups is 1. The average molecular weight is 224 g/mol. The molecule has 0 radical (unpaired) electrons. The zero-order chi connectivity index (χ0) is 12.2. The van der Waals surface area contributed by atoms with Crippen molar-refractivity contribution in [3.63, 3.8) is 0 Å². The van der Waals surface area contributed by atoms with Gasteiger partial charge in [0.25, 0.3) is 5.91 Å². The van der Waals surface area contributed by atoms with Crippen LogP contribution in [0.15, 0.2) is 22.8 Å². The molecule has 1 aromatic heterocycles. The van der Waals surface area contributed by atoms with Crippen molar-refractivity contribution in [2.45, 2.75) is 33.2 Å². The average Bonchev–Trinajstić information content (AvgIpc) is 2.68. The lowest BCUT2D eigenvalue weighted by atomic mass is 9.84. The fourth-order valence-electron chi connectivity index (χ4n) is 1.53. The molecule has 4 nitrogen and oxygen atoms in total. The number of carbonyl (C=O) groups excluding carboxylic acids is 1. The van der Waals surface area contributed by atoms with E-state index in [9.17, 15) is 4.79 Å². The maximum Gasteiger partial charge on any atom is 0.287 e. The zero-order valence-electron chi connectivity index (χ0n) is 10.1. The fraction of sp³-hybridized carbons (Fsp3) is 0.583. The third-order valence-electron chi connectivity index (χ3n) is 2.55. The SMILES string of the molecule is CC(C)(C)C(CCN)NC(=O)c1ccco1. The highest BCUT2D eigenvalue weighted by atomic mass is 16.3. The Bertz CT molecular complexity index is 325. The summed E-state index contributed by atoms with van der Waals surface area (Å²) in [4.78, 5) is 11.8. The molecule has 0 spiro atoms. The second-order valence-electron chi connectivity index (χ2n) is 4.95. The molecule has 1 unspecified atom stereocenters. The van der Waals surface area contributed by atoms with Crippen molar-refractivity contribution in [3.8, 4) is 0 Å². The Morgan fingerprint density at radius 1 is 1.56 bits per heavy atom. The molecule has 1 heterocycles. The van der Waals surface area contributed by atoms with Gasteiger partial charge in [-0.25, -0.2) is 0 Å². The second-order valence-corrected chi connectivity index (χ2v) is 4.95. The fourth-order valence-corrected chi connectivity index (χ4v) is 1.53. The van der Waals surface area contributed by atoms with E-state index in [1.807, 2.05) is 0 Å². The van der Waals surface area contributed by atoms with Crippen molar-refractivity contribution < 1.29 is 9.21 Å². The topological polar surface area (TPSA) is 68.3 Å². The first-order valence-electron chi connectivity index (χ1n) is 5.49. The smallest absolute Gasteiger partial charge is 0.287 e. The number of nitrogens with one attached hydrogen (secondary N) is 1. The molecular weight excluding hydrogens is 204 g/mol. The van der Waals surface area contributed by atoms with Crippen LogP contribution < -0.4 is 11.1 Å². The van der Waals surface area contributed by atoms with E-state index in [0.29, 0.717) is 12.3 Å². The molecule has 4 heteroatoms. The van der Waals surface area contributed by atoms with Crippen molar-refractivity contribution in [1.29, 1.82) is 0 Å². The third kappa shape index (κ3) is 3.38. The van der Waals surface area contributed by atoms with Crippen LogP contribution in [0, 0.1) is 5.41 Å². The maximum absolute atomic E-state index is 11.8. The maximum atomic E-state index is 11.8. The van der Waals surface area contributed by atoms with E-state index < -0.39 is 0 Å². The normalized spacial score (nSPS) is 13.5. The highest BCUT2D eigenvalue weighted by Gasteiger charge is 2.26. The Morgan fingerprint density at radius 3 is 2.69 bits per heavy atom. The van der Waals surface area contributed by atoms with Crippen LogP contribution in [0.5, 0.6) is 0 Å². The third-order valence-corrected chi connectivity index (χ3v) is 2.55. The Kier molecular flexibility index (Phi) is 4.12. The van der Waals surface area contributed by atoms with Crippen LogP contribution in [-0.4, -0.2) is 18.5 Å². The molecule has 16 heavy (non-hydrogen) atoms. The van der Waals surface area contributed by atoms with Gasteiger partial charge >= 0.3 is 0 Å². The van der Waals surface area contributed by atoms with Gasteiger partial charge in [-0.2, -0.15) is 0 Å². The molecule has 3 N–H and O–H groups in total. The van der Waals surface area contributed by atoms with Gasteiger partial charge in [-0.05, 0) is 30.5 Å². The van der Waals surface area contributed by atoms with Crippen LogP contribution in [0.1, 0.15) is 37.7 Å². The number of hydrogen-bond donors (Lipinski definition) is 2. The zero-order valence-corrected chi connectivity index (χ0v) is 10.1. The van der Waals surface area contributed by atoms with Crippen molar-refractivity contribution in [2.75, 3.05) is 6.54 Å². The minimum Gasteiger partial charge on any atom is -0.459 e. The van der Waals surface area contributed by atoms with E-state index in [1.165, 1.54) is 6.26 Å². The minimum absolute atomic E-state index is 0.0123. The first-order chi connectivity index (χ1) is 7.45. The number of rotatable bonds is 4. The van der Waals surface area contributed by atoms with Gasteiger partial charge in [0.2, 0.25) is 0 Å². The molecule has 1 atom stereocenters. The van der Waals surface area contributed by atoms with E-state index in [-0.39, 0.29) is 17.4 Å². The molecular formula is C12H20N2O2. The molecule has 1 rings (SSSR count). The molecule has 0 aromatic carbocycles. The Morgan fingerprint density at radius 2 is 2.25 bits per heavy atom. The summed E-state index contributed by atoms with van der Waals surface area (Å²) in [6.07, 6.45) is 2.25. The van der Waals surface area contributed by atoms with Crippen LogP contribution in [-0.2, 0) is 0 Å². The van der Waals surface area contributed by atoms with E-state index >= 15 is 0 Å². The monoisotopic (exact) mass is 224 g/mol. The van der Waals surface area contributed by atoms with Crippen LogP contribution in [0.3, 0.4) is 0 Å². The van der Waals surface area contributed by atoms with Crippen LogP contribution in [0.4, 0.5) is 0 Å². The molecule has 0 aliphatic rings. The lowest BCUT2D eigenvalue weighted by Crippen LogP contribution is -2.44. The first-order valence-corrected chi connectivity index (χ1v) is 5.49. The number of furan rings is 1. The van der Waals surface area contributed by atoms with E-state index in [4.69, 9.17) is 10.2 Å². The highest BCUT2D eigenvalue weighted by molar-refractivity contribution is 5.91. The molecule has 0 saturated heterocycles. The van der Waals surface area contributed by atoms with Gasteiger partial charge in [-0.3, -0.25) is 4.79 Å². The molecule has 90 valence electrons. The van der Waals surface area contributed by atoms with Crippen molar-refractivity contribution in [1.82, 2.24) is 5.32 Å². The van der Waals surface area contributed by atoms with E-state index in [1.54, 1.807) is 12.1 Å². The molecule has 0 aliphatic carbocycles. The van der Waals surface area contributed by atoms with Crippen LogP contribution in [0.2, 0.25) is 0 Å². The molecule has 0 saturated carbocycles. The van der Waals surface area contributed by atoms with Crippen molar-refractivity contribution in [3.05, 3.63) is 24.2 Å². The van der Waals surface area contributed by atoms with Crippen LogP contribution >= 0.6 is 0 Å². The summed E-state index contributed by atoms with van der Waals surface area (Å²) in [6, 6.07) is 3.40. The van der Waals surface area contributed by atoms with Crippen molar-refractivity contribution in [2.24, 2.45) is 11.1 Å². The summed E-state index contributed by atoms with van der Waals surface area (Å²) in [5.41, 5.74) is 5.53. The van der Waals surface area contributed by atoms with Gasteiger partial charge in [0.1, 0.15) is 0 Å². The lowest BCUT2D eigenvalue weighted by molar-refractivity contribution is 0.0870.